The van der Waals surface area contributed by atoms with Crippen LogP contribution in [-0.4, -0.2) is 16.9 Å². The number of aliphatic carboxylic acids is 1. The molecule has 1 fully saturated rings. The number of alkyl halides is 2. The average molecular weight is 431 g/mol. The Morgan fingerprint density at radius 1 is 1.30 bits per heavy atom. The van der Waals surface area contributed by atoms with Crippen molar-refractivity contribution in [1.29, 1.82) is 0 Å². The Morgan fingerprint density at radius 2 is 2.07 bits per heavy atom. The number of hydrogen-bond acceptors (Lipinski definition) is 3. The highest BCUT2D eigenvalue weighted by Gasteiger charge is 2.36. The first-order chi connectivity index (χ1) is 14.3. The predicted octanol–water partition coefficient (Wildman–Crippen LogP) is 6.51. The number of benzene rings is 1. The molecule has 1 aromatic carbocycles. The van der Waals surface area contributed by atoms with Gasteiger partial charge in [-0.3, -0.25) is 9.59 Å². The Hall–Kier alpha value is -2.60. The van der Waals surface area contributed by atoms with Gasteiger partial charge in [0.2, 0.25) is 0 Å². The summed E-state index contributed by atoms with van der Waals surface area (Å²) in [4.78, 5) is 22.6. The van der Waals surface area contributed by atoms with Gasteiger partial charge in [0.25, 0.3) is 0 Å². The molecule has 3 rings (SSSR count). The summed E-state index contributed by atoms with van der Waals surface area (Å²) in [5.41, 5.74) is 0.377. The first-order valence-corrected chi connectivity index (χ1v) is 10.7. The molecule has 0 amide bonds. The summed E-state index contributed by atoms with van der Waals surface area (Å²) < 4.78 is 30.4. The third-order valence-electron chi connectivity index (χ3n) is 5.35. The molecule has 1 saturated carbocycles. The van der Waals surface area contributed by atoms with Crippen molar-refractivity contribution >= 4 is 33.2 Å². The summed E-state index contributed by atoms with van der Waals surface area (Å²) >= 11 is 1.07. The van der Waals surface area contributed by atoms with Crippen LogP contribution >= 0.6 is 11.3 Å². The van der Waals surface area contributed by atoms with E-state index in [0.717, 1.165) is 27.5 Å². The van der Waals surface area contributed by atoms with E-state index in [1.807, 2.05) is 36.4 Å². The monoisotopic (exact) mass is 430 g/mol. The number of allylic oxidation sites excluding steroid dienone is 5. The molecule has 0 bridgehead atoms. The van der Waals surface area contributed by atoms with Crippen LogP contribution in [0.3, 0.4) is 0 Å². The van der Waals surface area contributed by atoms with Gasteiger partial charge in [-0.05, 0) is 54.3 Å². The Morgan fingerprint density at radius 3 is 2.80 bits per heavy atom. The highest BCUT2D eigenvalue weighted by molar-refractivity contribution is 7.19. The minimum absolute atomic E-state index is 0.0234. The fourth-order valence-corrected chi connectivity index (χ4v) is 4.70. The molecule has 6 heteroatoms. The molecule has 1 N–H and O–H groups in total. The lowest BCUT2D eigenvalue weighted by Gasteiger charge is -2.16. The predicted molar refractivity (Wildman–Crippen MR) is 116 cm³/mol. The molecule has 1 heterocycles. The van der Waals surface area contributed by atoms with Gasteiger partial charge in [-0.1, -0.05) is 43.0 Å². The lowest BCUT2D eigenvalue weighted by molar-refractivity contribution is -0.137. The molecule has 0 radical (unpaired) electrons. The first kappa shape index (κ1) is 22.1. The highest BCUT2D eigenvalue weighted by Crippen LogP contribution is 2.41. The zero-order chi connectivity index (χ0) is 21.7. The quantitative estimate of drug-likeness (QED) is 0.280. The summed E-state index contributed by atoms with van der Waals surface area (Å²) in [6.07, 6.45) is 8.29. The van der Waals surface area contributed by atoms with Crippen LogP contribution in [0.2, 0.25) is 0 Å². The molecule has 1 aliphatic carbocycles. The van der Waals surface area contributed by atoms with E-state index in [9.17, 15) is 18.4 Å². The van der Waals surface area contributed by atoms with E-state index in [4.69, 9.17) is 5.11 Å². The molecule has 0 aliphatic heterocycles. The Labute approximate surface area is 178 Å². The molecule has 0 unspecified atom stereocenters. The van der Waals surface area contributed by atoms with E-state index < -0.39 is 17.8 Å². The maximum atomic E-state index is 14.8. The van der Waals surface area contributed by atoms with E-state index in [0.29, 0.717) is 31.3 Å². The molecule has 0 spiro atoms. The molecule has 158 valence electrons. The van der Waals surface area contributed by atoms with Crippen molar-refractivity contribution in [1.82, 2.24) is 0 Å². The third-order valence-corrected chi connectivity index (χ3v) is 6.55. The largest absolute Gasteiger partial charge is 0.481 e. The van der Waals surface area contributed by atoms with Crippen LogP contribution in [0, 0.1) is 11.8 Å². The van der Waals surface area contributed by atoms with E-state index in [2.05, 4.69) is 6.58 Å². The molecular formula is C24H24F2O3S. The molecular weight excluding hydrogens is 406 g/mol. The van der Waals surface area contributed by atoms with Crippen molar-refractivity contribution in [2.75, 3.05) is 0 Å². The maximum absolute atomic E-state index is 14.8. The van der Waals surface area contributed by atoms with Crippen molar-refractivity contribution in [2.45, 2.75) is 38.0 Å². The van der Waals surface area contributed by atoms with Crippen LogP contribution in [0.1, 0.15) is 37.0 Å². The van der Waals surface area contributed by atoms with Crippen molar-refractivity contribution in [2.24, 2.45) is 11.8 Å². The summed E-state index contributed by atoms with van der Waals surface area (Å²) in [5, 5.41) is 9.43. The number of fused-ring (bicyclic) bond motifs is 1. The average Bonchev–Trinajstić information content (AvgIpc) is 3.25. The maximum Gasteiger partial charge on any atom is 0.303 e. The smallest absolute Gasteiger partial charge is 0.303 e. The van der Waals surface area contributed by atoms with Gasteiger partial charge in [-0.25, -0.2) is 0 Å². The van der Waals surface area contributed by atoms with Crippen LogP contribution in [0.15, 0.2) is 66.8 Å². The molecule has 2 aromatic rings. The first-order valence-electron chi connectivity index (χ1n) is 9.93. The van der Waals surface area contributed by atoms with Gasteiger partial charge in [0.1, 0.15) is 0 Å². The van der Waals surface area contributed by atoms with Crippen molar-refractivity contribution in [3.8, 4) is 0 Å². The number of ketones is 1. The third kappa shape index (κ3) is 5.30. The zero-order valence-corrected chi connectivity index (χ0v) is 17.3. The summed E-state index contributed by atoms with van der Waals surface area (Å²) in [5.74, 6) is -4.55. The Balaban J connectivity index is 1.67. The number of carbonyl (C=O) groups excluding carboxylic acids is 1. The number of unbranched alkanes of at least 4 members (excludes halogenated alkanes) is 1. The normalized spacial score (nSPS) is 20.2. The van der Waals surface area contributed by atoms with Gasteiger partial charge >= 0.3 is 11.9 Å². The lowest BCUT2D eigenvalue weighted by Crippen LogP contribution is -2.11. The number of Topliss-reactive ketones (excluding diaryl/α,β-unsaturated/α-hetero) is 1. The summed E-state index contributed by atoms with van der Waals surface area (Å²) in [7, 11) is 0. The summed E-state index contributed by atoms with van der Waals surface area (Å²) in [6.45, 7) is 3.82. The van der Waals surface area contributed by atoms with E-state index in [1.165, 1.54) is 12.1 Å². The number of halogens is 2. The molecule has 0 saturated heterocycles. The lowest BCUT2D eigenvalue weighted by atomic mass is 9.90. The standard InChI is InChI=1S/C24H24F2O3S/c1-16-19(17(14-20(16)27)8-4-2-3-5-11-23(28)29)12-13-24(25,26)22-15-18-9-6-7-10-21(18)30-22/h2,4,6-7,9-10,12-13,15,17,19H,1,3,5,8,11,14H2,(H,28,29)/t17-,19-/m1/s1. The number of carboxylic acid groups (broad SMARTS) is 1. The van der Waals surface area contributed by atoms with Crippen LogP contribution < -0.4 is 0 Å². The Bertz CT molecular complexity index is 970. The fourth-order valence-electron chi connectivity index (χ4n) is 3.68. The minimum Gasteiger partial charge on any atom is -0.481 e. The van der Waals surface area contributed by atoms with Gasteiger partial charge in [0, 0.05) is 23.5 Å². The van der Waals surface area contributed by atoms with E-state index in [-0.39, 0.29) is 23.0 Å². The van der Waals surface area contributed by atoms with Gasteiger partial charge in [-0.2, -0.15) is 8.78 Å². The fraction of sp³-hybridized carbons (Fsp3) is 0.333. The summed E-state index contributed by atoms with van der Waals surface area (Å²) in [6, 6.07) is 8.78. The van der Waals surface area contributed by atoms with Crippen molar-refractivity contribution in [3.05, 3.63) is 71.7 Å². The zero-order valence-electron chi connectivity index (χ0n) is 16.5. The highest BCUT2D eigenvalue weighted by atomic mass is 32.1. The molecule has 3 nitrogen and oxygen atoms in total. The van der Waals surface area contributed by atoms with Crippen molar-refractivity contribution in [3.63, 3.8) is 0 Å². The van der Waals surface area contributed by atoms with Crippen molar-refractivity contribution < 1.29 is 23.5 Å². The van der Waals surface area contributed by atoms with Crippen LogP contribution in [0.25, 0.3) is 10.1 Å². The second-order valence-corrected chi connectivity index (χ2v) is 8.65. The number of rotatable bonds is 9. The second kappa shape index (κ2) is 9.47. The van der Waals surface area contributed by atoms with Crippen LogP contribution in [0.4, 0.5) is 8.78 Å². The number of carboxylic acids is 1. The van der Waals surface area contributed by atoms with Gasteiger partial charge in [0.05, 0.1) is 4.88 Å². The van der Waals surface area contributed by atoms with Gasteiger partial charge in [-0.15, -0.1) is 11.3 Å². The molecule has 30 heavy (non-hydrogen) atoms. The minimum atomic E-state index is -3.12. The van der Waals surface area contributed by atoms with E-state index in [1.54, 1.807) is 0 Å². The van der Waals surface area contributed by atoms with Gasteiger partial charge in [0.15, 0.2) is 5.78 Å². The van der Waals surface area contributed by atoms with Crippen LogP contribution in [0.5, 0.6) is 0 Å². The Kier molecular flexibility index (Phi) is 6.98. The van der Waals surface area contributed by atoms with Crippen LogP contribution in [-0.2, 0) is 15.5 Å². The topological polar surface area (TPSA) is 54.4 Å². The molecule has 1 aromatic heterocycles. The SMILES string of the molecule is C=C1C(=O)C[C@@H](CC=CCCCC(=O)O)[C@@H]1C=CC(F)(F)c1cc2ccccc2s1. The number of thiophene rings is 1. The van der Waals surface area contributed by atoms with Gasteiger partial charge < -0.3 is 5.11 Å². The molecule has 2 atom stereocenters. The number of carbonyl (C=O) groups is 2. The second-order valence-electron chi connectivity index (χ2n) is 7.56. The molecule has 1 aliphatic rings. The van der Waals surface area contributed by atoms with E-state index >= 15 is 0 Å². The number of hydrogen-bond donors (Lipinski definition) is 1.